The lowest BCUT2D eigenvalue weighted by molar-refractivity contribution is -0.123. The SMILES string of the molecule is COc1ccc([C@@H]2CCN(C(=O)OC(C)(C)C)CC2=O)cc1OC. The fourth-order valence-electron chi connectivity index (χ4n) is 2.73. The van der Waals surface area contributed by atoms with E-state index in [-0.39, 0.29) is 18.2 Å². The second-order valence-electron chi connectivity index (χ2n) is 6.82. The van der Waals surface area contributed by atoms with Crippen LogP contribution in [0.4, 0.5) is 4.79 Å². The summed E-state index contributed by atoms with van der Waals surface area (Å²) in [5.74, 6) is 0.972. The first-order valence-electron chi connectivity index (χ1n) is 7.97. The number of carbonyl (C=O) groups is 2. The molecule has 24 heavy (non-hydrogen) atoms. The van der Waals surface area contributed by atoms with Crippen LogP contribution in [-0.4, -0.2) is 49.7 Å². The maximum absolute atomic E-state index is 12.5. The smallest absolute Gasteiger partial charge is 0.410 e. The van der Waals surface area contributed by atoms with Crippen LogP contribution in [0.25, 0.3) is 0 Å². The molecule has 0 aliphatic carbocycles. The number of methoxy groups -OCH3 is 2. The van der Waals surface area contributed by atoms with E-state index in [1.54, 1.807) is 20.3 Å². The number of amides is 1. The molecule has 2 rings (SSSR count). The average molecular weight is 335 g/mol. The summed E-state index contributed by atoms with van der Waals surface area (Å²) in [5, 5.41) is 0. The molecule has 6 nitrogen and oxygen atoms in total. The molecule has 1 heterocycles. The largest absolute Gasteiger partial charge is 0.493 e. The van der Waals surface area contributed by atoms with Gasteiger partial charge < -0.3 is 19.1 Å². The van der Waals surface area contributed by atoms with Gasteiger partial charge >= 0.3 is 6.09 Å². The minimum Gasteiger partial charge on any atom is -0.493 e. The number of nitrogens with zero attached hydrogens (tertiary/aromatic N) is 1. The number of ketones is 1. The van der Waals surface area contributed by atoms with Gasteiger partial charge in [-0.1, -0.05) is 6.07 Å². The Morgan fingerprint density at radius 3 is 2.38 bits per heavy atom. The zero-order chi connectivity index (χ0) is 17.9. The van der Waals surface area contributed by atoms with E-state index in [0.717, 1.165) is 5.56 Å². The monoisotopic (exact) mass is 335 g/mol. The third-order valence-electron chi connectivity index (χ3n) is 3.88. The standard InChI is InChI=1S/C18H25NO5/c1-18(2,3)24-17(21)19-9-8-13(14(20)11-19)12-6-7-15(22-4)16(10-12)23-5/h6-7,10,13H,8-9,11H2,1-5H3/t13-/m0/s1. The molecule has 0 N–H and O–H groups in total. The Labute approximate surface area is 142 Å². The van der Waals surface area contributed by atoms with Crippen LogP contribution in [0.5, 0.6) is 11.5 Å². The summed E-state index contributed by atoms with van der Waals surface area (Å²) >= 11 is 0. The third-order valence-corrected chi connectivity index (χ3v) is 3.88. The molecule has 1 aromatic rings. The van der Waals surface area contributed by atoms with Gasteiger partial charge in [0, 0.05) is 12.5 Å². The Hall–Kier alpha value is -2.24. The molecule has 6 heteroatoms. The zero-order valence-corrected chi connectivity index (χ0v) is 14.9. The van der Waals surface area contributed by atoms with E-state index in [2.05, 4.69) is 0 Å². The Balaban J connectivity index is 2.09. The molecule has 0 aromatic heterocycles. The van der Waals surface area contributed by atoms with Crippen LogP contribution in [0.2, 0.25) is 0 Å². The van der Waals surface area contributed by atoms with Crippen molar-refractivity contribution in [3.05, 3.63) is 23.8 Å². The minimum absolute atomic E-state index is 0.000621. The molecule has 132 valence electrons. The molecule has 1 fully saturated rings. The van der Waals surface area contributed by atoms with Gasteiger partial charge in [-0.05, 0) is 44.9 Å². The van der Waals surface area contributed by atoms with Crippen LogP contribution in [0.3, 0.4) is 0 Å². The van der Waals surface area contributed by atoms with Crippen LogP contribution in [0, 0.1) is 0 Å². The van der Waals surface area contributed by atoms with Gasteiger partial charge in [-0.25, -0.2) is 4.79 Å². The fourth-order valence-corrected chi connectivity index (χ4v) is 2.73. The van der Waals surface area contributed by atoms with Crippen LogP contribution < -0.4 is 9.47 Å². The van der Waals surface area contributed by atoms with E-state index in [1.165, 1.54) is 4.90 Å². The molecule has 1 saturated heterocycles. The quantitative estimate of drug-likeness (QED) is 0.849. The first-order chi connectivity index (χ1) is 11.2. The van der Waals surface area contributed by atoms with Gasteiger partial charge in [0.05, 0.1) is 20.8 Å². The summed E-state index contributed by atoms with van der Waals surface area (Å²) in [7, 11) is 3.14. The normalized spacial score (nSPS) is 18.3. The number of piperidine rings is 1. The molecule has 1 aliphatic rings. The lowest BCUT2D eigenvalue weighted by atomic mass is 9.88. The van der Waals surface area contributed by atoms with E-state index in [4.69, 9.17) is 14.2 Å². The number of hydrogen-bond acceptors (Lipinski definition) is 5. The van der Waals surface area contributed by atoms with Gasteiger partial charge in [0.1, 0.15) is 5.60 Å². The molecular weight excluding hydrogens is 310 g/mol. The van der Waals surface area contributed by atoms with Crippen molar-refractivity contribution in [3.63, 3.8) is 0 Å². The predicted octanol–water partition coefficient (Wildman–Crippen LogP) is 3.00. The number of likely N-dealkylation sites (tertiary alicyclic amines) is 1. The van der Waals surface area contributed by atoms with Crippen molar-refractivity contribution in [2.75, 3.05) is 27.3 Å². The summed E-state index contributed by atoms with van der Waals surface area (Å²) < 4.78 is 15.8. The summed E-state index contributed by atoms with van der Waals surface area (Å²) in [6, 6.07) is 5.49. The molecule has 1 aliphatic heterocycles. The summed E-state index contributed by atoms with van der Waals surface area (Å²) in [6.07, 6.45) is 0.120. The van der Waals surface area contributed by atoms with Gasteiger partial charge in [0.25, 0.3) is 0 Å². The van der Waals surface area contributed by atoms with E-state index >= 15 is 0 Å². The van der Waals surface area contributed by atoms with E-state index < -0.39 is 11.7 Å². The highest BCUT2D eigenvalue weighted by atomic mass is 16.6. The number of rotatable bonds is 3. The highest BCUT2D eigenvalue weighted by Gasteiger charge is 2.33. The Morgan fingerprint density at radius 1 is 1.17 bits per heavy atom. The molecule has 0 unspecified atom stereocenters. The van der Waals surface area contributed by atoms with Crippen molar-refractivity contribution in [1.82, 2.24) is 4.90 Å². The van der Waals surface area contributed by atoms with Crippen molar-refractivity contribution >= 4 is 11.9 Å². The number of Topliss-reactive ketones (excluding diaryl/α,β-unsaturated/α-hetero) is 1. The molecule has 1 atom stereocenters. The Morgan fingerprint density at radius 2 is 1.83 bits per heavy atom. The molecule has 1 amide bonds. The fraction of sp³-hybridized carbons (Fsp3) is 0.556. The van der Waals surface area contributed by atoms with Crippen molar-refractivity contribution in [1.29, 1.82) is 0 Å². The molecular formula is C18H25NO5. The second kappa shape index (κ2) is 7.11. The number of ether oxygens (including phenoxy) is 3. The maximum Gasteiger partial charge on any atom is 0.410 e. The van der Waals surface area contributed by atoms with Crippen molar-refractivity contribution < 1.29 is 23.8 Å². The zero-order valence-electron chi connectivity index (χ0n) is 14.9. The highest BCUT2D eigenvalue weighted by Crippen LogP contribution is 2.33. The maximum atomic E-state index is 12.5. The van der Waals surface area contributed by atoms with Crippen LogP contribution in [0.1, 0.15) is 38.7 Å². The lowest BCUT2D eigenvalue weighted by Crippen LogP contribution is -2.45. The highest BCUT2D eigenvalue weighted by molar-refractivity contribution is 5.91. The van der Waals surface area contributed by atoms with E-state index in [1.807, 2.05) is 32.9 Å². The second-order valence-corrected chi connectivity index (χ2v) is 6.82. The molecule has 1 aromatic carbocycles. The Kier molecular flexibility index (Phi) is 5.36. The van der Waals surface area contributed by atoms with Crippen LogP contribution >= 0.6 is 0 Å². The van der Waals surface area contributed by atoms with Gasteiger partial charge in [0.15, 0.2) is 17.3 Å². The number of benzene rings is 1. The minimum atomic E-state index is -0.569. The molecule has 0 bridgehead atoms. The van der Waals surface area contributed by atoms with Crippen molar-refractivity contribution in [2.24, 2.45) is 0 Å². The molecule has 0 radical (unpaired) electrons. The summed E-state index contributed by atoms with van der Waals surface area (Å²) in [4.78, 5) is 26.1. The van der Waals surface area contributed by atoms with Gasteiger partial charge in [-0.2, -0.15) is 0 Å². The van der Waals surface area contributed by atoms with E-state index in [9.17, 15) is 9.59 Å². The van der Waals surface area contributed by atoms with Gasteiger partial charge in [0.2, 0.25) is 0 Å². The van der Waals surface area contributed by atoms with Gasteiger partial charge in [-0.3, -0.25) is 4.79 Å². The number of carbonyl (C=O) groups excluding carboxylic acids is 2. The average Bonchev–Trinajstić information content (AvgIpc) is 2.52. The summed E-state index contributed by atoms with van der Waals surface area (Å²) in [5.41, 5.74) is 0.307. The van der Waals surface area contributed by atoms with E-state index in [0.29, 0.717) is 24.5 Å². The third kappa shape index (κ3) is 4.19. The van der Waals surface area contributed by atoms with Gasteiger partial charge in [-0.15, -0.1) is 0 Å². The molecule has 0 saturated carbocycles. The van der Waals surface area contributed by atoms with Crippen molar-refractivity contribution in [2.45, 2.75) is 38.7 Å². The van der Waals surface area contributed by atoms with Crippen LogP contribution in [-0.2, 0) is 9.53 Å². The van der Waals surface area contributed by atoms with Crippen molar-refractivity contribution in [3.8, 4) is 11.5 Å². The Bertz CT molecular complexity index is 620. The molecule has 0 spiro atoms. The lowest BCUT2D eigenvalue weighted by Gasteiger charge is -2.32. The predicted molar refractivity (Wildman–Crippen MR) is 89.7 cm³/mol. The number of hydrogen-bond donors (Lipinski definition) is 0. The first kappa shape index (κ1) is 18.1. The topological polar surface area (TPSA) is 65.1 Å². The summed E-state index contributed by atoms with van der Waals surface area (Å²) in [6.45, 7) is 5.98. The first-order valence-corrected chi connectivity index (χ1v) is 7.97. The van der Waals surface area contributed by atoms with Crippen LogP contribution in [0.15, 0.2) is 18.2 Å².